The second-order valence-electron chi connectivity index (χ2n) is 6.75. The topological polar surface area (TPSA) is 12.9 Å². The van der Waals surface area contributed by atoms with Gasteiger partial charge >= 0.3 is 0 Å². The molecule has 0 bridgehead atoms. The van der Waals surface area contributed by atoms with Gasteiger partial charge in [0.05, 0.1) is 0 Å². The van der Waals surface area contributed by atoms with E-state index >= 15 is 0 Å². The maximum atomic E-state index is 12.8. The Hall–Kier alpha value is -2.14. The van der Waals surface area contributed by atoms with Crippen molar-refractivity contribution < 1.29 is 4.39 Å². The number of benzene rings is 1. The molecule has 1 saturated carbocycles. The molecule has 2 aromatic rings. The van der Waals surface area contributed by atoms with E-state index in [9.17, 15) is 4.39 Å². The lowest BCUT2D eigenvalue weighted by atomic mass is 9.77. The quantitative estimate of drug-likeness (QED) is 0.522. The van der Waals surface area contributed by atoms with E-state index in [0.717, 1.165) is 17.0 Å². The van der Waals surface area contributed by atoms with Gasteiger partial charge in [0, 0.05) is 17.3 Å². The SMILES string of the molecule is CCC[C@H]1CC[C@H](c2ccc(C#Cc3ccc(F)nc3)cc2)CC1. The van der Waals surface area contributed by atoms with Crippen LogP contribution in [0.15, 0.2) is 42.6 Å². The molecule has 0 atom stereocenters. The van der Waals surface area contributed by atoms with Gasteiger partial charge in [0.15, 0.2) is 0 Å². The number of nitrogens with zero attached hydrogens (tertiary/aromatic N) is 1. The van der Waals surface area contributed by atoms with E-state index in [-0.39, 0.29) is 0 Å². The minimum Gasteiger partial charge on any atom is -0.227 e. The molecule has 1 fully saturated rings. The van der Waals surface area contributed by atoms with E-state index < -0.39 is 5.95 Å². The Morgan fingerprint density at radius 3 is 2.25 bits per heavy atom. The summed E-state index contributed by atoms with van der Waals surface area (Å²) in [6, 6.07) is 11.6. The molecule has 1 nitrogen and oxygen atoms in total. The number of hydrogen-bond acceptors (Lipinski definition) is 1. The van der Waals surface area contributed by atoms with Crippen LogP contribution in [-0.2, 0) is 0 Å². The first kappa shape index (κ1) is 16.7. The molecule has 0 radical (unpaired) electrons. The van der Waals surface area contributed by atoms with Crippen LogP contribution in [0.2, 0.25) is 0 Å². The lowest BCUT2D eigenvalue weighted by molar-refractivity contribution is 0.308. The van der Waals surface area contributed by atoms with Gasteiger partial charge in [-0.1, -0.05) is 43.7 Å². The lowest BCUT2D eigenvalue weighted by Gasteiger charge is -2.28. The summed E-state index contributed by atoms with van der Waals surface area (Å²) in [6.07, 6.45) is 9.54. The van der Waals surface area contributed by atoms with Crippen molar-refractivity contribution in [1.29, 1.82) is 0 Å². The van der Waals surface area contributed by atoms with Gasteiger partial charge in [-0.3, -0.25) is 0 Å². The molecule has 1 heterocycles. The van der Waals surface area contributed by atoms with Crippen LogP contribution >= 0.6 is 0 Å². The van der Waals surface area contributed by atoms with Gasteiger partial charge in [0.1, 0.15) is 0 Å². The average Bonchev–Trinajstić information content (AvgIpc) is 2.63. The van der Waals surface area contributed by atoms with Crippen molar-refractivity contribution in [3.8, 4) is 11.8 Å². The largest absolute Gasteiger partial charge is 0.227 e. The second kappa shape index (κ2) is 8.11. The number of hydrogen-bond donors (Lipinski definition) is 0. The zero-order valence-electron chi connectivity index (χ0n) is 14.3. The van der Waals surface area contributed by atoms with Crippen molar-refractivity contribution >= 4 is 0 Å². The summed E-state index contributed by atoms with van der Waals surface area (Å²) >= 11 is 0. The molecule has 0 spiro atoms. The maximum Gasteiger partial charge on any atom is 0.212 e. The van der Waals surface area contributed by atoms with E-state index in [1.165, 1.54) is 56.4 Å². The van der Waals surface area contributed by atoms with Crippen molar-refractivity contribution in [3.63, 3.8) is 0 Å². The summed E-state index contributed by atoms with van der Waals surface area (Å²) < 4.78 is 12.8. The first-order valence-corrected chi connectivity index (χ1v) is 8.98. The predicted octanol–water partition coefficient (Wildman–Crippen LogP) is 5.69. The van der Waals surface area contributed by atoms with Crippen LogP contribution in [0.3, 0.4) is 0 Å². The van der Waals surface area contributed by atoms with E-state index in [4.69, 9.17) is 0 Å². The average molecular weight is 321 g/mol. The van der Waals surface area contributed by atoms with Crippen LogP contribution in [0, 0.1) is 23.7 Å². The molecule has 0 unspecified atom stereocenters. The summed E-state index contributed by atoms with van der Waals surface area (Å²) in [4.78, 5) is 3.62. The highest BCUT2D eigenvalue weighted by Crippen LogP contribution is 2.37. The van der Waals surface area contributed by atoms with E-state index in [1.807, 2.05) is 0 Å². The van der Waals surface area contributed by atoms with Gasteiger partial charge in [0.2, 0.25) is 5.95 Å². The molecule has 2 heteroatoms. The third-order valence-electron chi connectivity index (χ3n) is 5.00. The number of halogens is 1. The molecule has 0 N–H and O–H groups in total. The standard InChI is InChI=1S/C22H24FN/c1-2-3-17-6-11-20(12-7-17)21-13-8-18(9-14-21)4-5-19-10-15-22(23)24-16-19/h8-10,13-17,20H,2-3,6-7,11-12H2,1H3/t17-,20-. The van der Waals surface area contributed by atoms with Gasteiger partial charge < -0.3 is 0 Å². The van der Waals surface area contributed by atoms with Crippen LogP contribution in [-0.4, -0.2) is 4.98 Å². The van der Waals surface area contributed by atoms with Gasteiger partial charge in [-0.15, -0.1) is 0 Å². The Balaban J connectivity index is 1.61. The molecule has 1 aliphatic carbocycles. The Morgan fingerprint density at radius 1 is 0.958 bits per heavy atom. The molecule has 124 valence electrons. The second-order valence-corrected chi connectivity index (χ2v) is 6.75. The minimum atomic E-state index is -0.474. The van der Waals surface area contributed by atoms with Crippen molar-refractivity contribution in [1.82, 2.24) is 4.98 Å². The Labute approximate surface area is 144 Å². The third kappa shape index (κ3) is 4.45. The fraction of sp³-hybridized carbons (Fsp3) is 0.409. The fourth-order valence-corrected chi connectivity index (χ4v) is 3.63. The molecule has 0 aliphatic heterocycles. The van der Waals surface area contributed by atoms with Crippen molar-refractivity contribution in [2.24, 2.45) is 5.92 Å². The third-order valence-corrected chi connectivity index (χ3v) is 5.00. The van der Waals surface area contributed by atoms with Crippen LogP contribution in [0.5, 0.6) is 0 Å². The van der Waals surface area contributed by atoms with E-state index in [1.54, 1.807) is 6.07 Å². The molecule has 1 aromatic heterocycles. The molecule has 0 saturated heterocycles. The Morgan fingerprint density at radius 2 is 1.62 bits per heavy atom. The minimum absolute atomic E-state index is 0.474. The van der Waals surface area contributed by atoms with Gasteiger partial charge in [-0.2, -0.15) is 4.39 Å². The molecule has 0 amide bonds. The Kier molecular flexibility index (Phi) is 5.64. The first-order valence-electron chi connectivity index (χ1n) is 8.98. The monoisotopic (exact) mass is 321 g/mol. The number of pyridine rings is 1. The van der Waals surface area contributed by atoms with Crippen molar-refractivity contribution in [2.75, 3.05) is 0 Å². The Bertz CT molecular complexity index is 698. The van der Waals surface area contributed by atoms with Crippen LogP contribution in [0.1, 0.15) is 68.1 Å². The van der Waals surface area contributed by atoms with Crippen LogP contribution in [0.4, 0.5) is 4.39 Å². The molecule has 1 aromatic carbocycles. The summed E-state index contributed by atoms with van der Waals surface area (Å²) in [7, 11) is 0. The predicted molar refractivity (Wildman–Crippen MR) is 96.2 cm³/mol. The van der Waals surface area contributed by atoms with Crippen molar-refractivity contribution in [2.45, 2.75) is 51.4 Å². The zero-order valence-corrected chi connectivity index (χ0v) is 14.3. The summed E-state index contributed by atoms with van der Waals surface area (Å²) in [5.74, 6) is 7.33. The van der Waals surface area contributed by atoms with Crippen molar-refractivity contribution in [3.05, 3.63) is 65.2 Å². The van der Waals surface area contributed by atoms with Gasteiger partial charge in [-0.25, -0.2) is 4.98 Å². The zero-order chi connectivity index (χ0) is 16.8. The maximum absolute atomic E-state index is 12.8. The van der Waals surface area contributed by atoms with Gasteiger partial charge in [0.25, 0.3) is 0 Å². The molecule has 1 aliphatic rings. The summed E-state index contributed by atoms with van der Waals surface area (Å²) in [5.41, 5.74) is 3.16. The highest BCUT2D eigenvalue weighted by molar-refractivity contribution is 5.42. The number of rotatable bonds is 3. The smallest absolute Gasteiger partial charge is 0.212 e. The molecular formula is C22H24FN. The summed E-state index contributed by atoms with van der Waals surface area (Å²) in [6.45, 7) is 2.29. The fourth-order valence-electron chi connectivity index (χ4n) is 3.63. The normalized spacial score (nSPS) is 20.2. The molecular weight excluding hydrogens is 297 g/mol. The highest BCUT2D eigenvalue weighted by Gasteiger charge is 2.21. The number of aromatic nitrogens is 1. The van der Waals surface area contributed by atoms with Crippen LogP contribution < -0.4 is 0 Å². The lowest BCUT2D eigenvalue weighted by Crippen LogP contribution is -2.13. The van der Waals surface area contributed by atoms with E-state index in [0.29, 0.717) is 5.92 Å². The summed E-state index contributed by atoms with van der Waals surface area (Å²) in [5, 5.41) is 0. The molecule has 3 rings (SSSR count). The highest BCUT2D eigenvalue weighted by atomic mass is 19.1. The van der Waals surface area contributed by atoms with Gasteiger partial charge in [-0.05, 0) is 67.3 Å². The van der Waals surface area contributed by atoms with E-state index in [2.05, 4.69) is 48.0 Å². The first-order chi connectivity index (χ1) is 11.7. The van der Waals surface area contributed by atoms with Crippen LogP contribution in [0.25, 0.3) is 0 Å². The molecule has 24 heavy (non-hydrogen) atoms.